The van der Waals surface area contributed by atoms with Crippen LogP contribution in [0.2, 0.25) is 0 Å². The summed E-state index contributed by atoms with van der Waals surface area (Å²) >= 11 is 3.34. The SMILES string of the molecule is Cc1ccnc(Oc2ccc(C(N)=O)c(F)c2)c1Br. The number of aromatic nitrogens is 1. The van der Waals surface area contributed by atoms with E-state index in [2.05, 4.69) is 20.9 Å². The van der Waals surface area contributed by atoms with Gasteiger partial charge in [0.2, 0.25) is 5.88 Å². The van der Waals surface area contributed by atoms with Gasteiger partial charge in [0.15, 0.2) is 0 Å². The van der Waals surface area contributed by atoms with Gasteiger partial charge in [-0.05, 0) is 46.6 Å². The number of carbonyl (C=O) groups is 1. The second-order valence-electron chi connectivity index (χ2n) is 3.85. The highest BCUT2D eigenvalue weighted by atomic mass is 79.9. The van der Waals surface area contributed by atoms with Gasteiger partial charge in [0.1, 0.15) is 11.6 Å². The second-order valence-corrected chi connectivity index (χ2v) is 4.65. The van der Waals surface area contributed by atoms with E-state index in [1.54, 1.807) is 6.20 Å². The number of amides is 1. The molecule has 0 fully saturated rings. The first kappa shape index (κ1) is 13.5. The number of nitrogens with zero attached hydrogens (tertiary/aromatic N) is 1. The zero-order valence-corrected chi connectivity index (χ0v) is 11.6. The van der Waals surface area contributed by atoms with Gasteiger partial charge in [-0.3, -0.25) is 4.79 Å². The second kappa shape index (κ2) is 5.36. The van der Waals surface area contributed by atoms with Crippen LogP contribution in [0.15, 0.2) is 34.9 Å². The van der Waals surface area contributed by atoms with Crippen LogP contribution in [0.5, 0.6) is 11.6 Å². The molecule has 0 aliphatic carbocycles. The zero-order chi connectivity index (χ0) is 14.0. The van der Waals surface area contributed by atoms with Crippen LogP contribution in [-0.4, -0.2) is 10.9 Å². The summed E-state index contributed by atoms with van der Waals surface area (Å²) in [7, 11) is 0. The van der Waals surface area contributed by atoms with Crippen molar-refractivity contribution in [1.29, 1.82) is 0 Å². The summed E-state index contributed by atoms with van der Waals surface area (Å²) in [5.41, 5.74) is 5.79. The quantitative estimate of drug-likeness (QED) is 0.942. The molecule has 0 saturated carbocycles. The minimum atomic E-state index is -0.820. The summed E-state index contributed by atoms with van der Waals surface area (Å²) in [6.07, 6.45) is 1.59. The third kappa shape index (κ3) is 2.90. The molecule has 1 amide bonds. The van der Waals surface area contributed by atoms with Gasteiger partial charge in [0, 0.05) is 12.3 Å². The number of halogens is 2. The highest BCUT2D eigenvalue weighted by molar-refractivity contribution is 9.10. The van der Waals surface area contributed by atoms with Gasteiger partial charge in [-0.1, -0.05) is 0 Å². The van der Waals surface area contributed by atoms with Crippen LogP contribution in [-0.2, 0) is 0 Å². The van der Waals surface area contributed by atoms with Crippen molar-refractivity contribution in [3.63, 3.8) is 0 Å². The third-order valence-electron chi connectivity index (χ3n) is 2.47. The van der Waals surface area contributed by atoms with Crippen molar-refractivity contribution >= 4 is 21.8 Å². The first-order chi connectivity index (χ1) is 8.99. The lowest BCUT2D eigenvalue weighted by Crippen LogP contribution is -2.12. The molecule has 1 heterocycles. The Bertz CT molecular complexity index is 647. The molecule has 19 heavy (non-hydrogen) atoms. The molecular formula is C13H10BrFN2O2. The summed E-state index contributed by atoms with van der Waals surface area (Å²) in [6, 6.07) is 5.64. The van der Waals surface area contributed by atoms with E-state index >= 15 is 0 Å². The highest BCUT2D eigenvalue weighted by Gasteiger charge is 2.11. The molecule has 0 aliphatic rings. The molecule has 0 atom stereocenters. The maximum atomic E-state index is 13.6. The Hall–Kier alpha value is -1.95. The smallest absolute Gasteiger partial charge is 0.251 e. The maximum absolute atomic E-state index is 13.6. The van der Waals surface area contributed by atoms with E-state index in [0.29, 0.717) is 10.4 Å². The number of nitrogens with two attached hydrogens (primary N) is 1. The van der Waals surface area contributed by atoms with Gasteiger partial charge in [-0.15, -0.1) is 0 Å². The van der Waals surface area contributed by atoms with E-state index in [4.69, 9.17) is 10.5 Å². The predicted octanol–water partition coefficient (Wildman–Crippen LogP) is 3.18. The van der Waals surface area contributed by atoms with E-state index in [1.807, 2.05) is 13.0 Å². The third-order valence-corrected chi connectivity index (χ3v) is 3.44. The predicted molar refractivity (Wildman–Crippen MR) is 71.7 cm³/mol. The van der Waals surface area contributed by atoms with Crippen molar-refractivity contribution in [3.8, 4) is 11.6 Å². The van der Waals surface area contributed by atoms with E-state index in [0.717, 1.165) is 11.6 Å². The van der Waals surface area contributed by atoms with Crippen LogP contribution >= 0.6 is 15.9 Å². The van der Waals surface area contributed by atoms with Gasteiger partial charge < -0.3 is 10.5 Å². The molecule has 0 radical (unpaired) electrons. The standard InChI is InChI=1S/C13H10BrFN2O2/c1-7-4-5-17-13(11(7)14)19-8-2-3-9(12(16)18)10(15)6-8/h2-6H,1H3,(H2,16,18). The fraction of sp³-hybridized carbons (Fsp3) is 0.0769. The molecule has 0 bridgehead atoms. The van der Waals surface area contributed by atoms with E-state index in [-0.39, 0.29) is 11.3 Å². The van der Waals surface area contributed by atoms with Crippen LogP contribution in [0.25, 0.3) is 0 Å². The Labute approximate surface area is 117 Å². The minimum Gasteiger partial charge on any atom is -0.438 e. The Morgan fingerprint density at radius 1 is 1.42 bits per heavy atom. The van der Waals surface area contributed by atoms with Gasteiger partial charge in [0.25, 0.3) is 5.91 Å². The molecule has 6 heteroatoms. The maximum Gasteiger partial charge on any atom is 0.251 e. The number of hydrogen-bond acceptors (Lipinski definition) is 3. The topological polar surface area (TPSA) is 65.2 Å². The van der Waals surface area contributed by atoms with Crippen LogP contribution in [0.3, 0.4) is 0 Å². The van der Waals surface area contributed by atoms with Crippen molar-refractivity contribution in [2.45, 2.75) is 6.92 Å². The molecule has 0 aliphatic heterocycles. The van der Waals surface area contributed by atoms with Gasteiger partial charge in [-0.2, -0.15) is 0 Å². The summed E-state index contributed by atoms with van der Waals surface area (Å²) in [4.78, 5) is 15.0. The van der Waals surface area contributed by atoms with Gasteiger partial charge in [0.05, 0.1) is 10.0 Å². The fourth-order valence-corrected chi connectivity index (χ4v) is 1.77. The molecule has 0 saturated heterocycles. The molecule has 0 unspecified atom stereocenters. The van der Waals surface area contributed by atoms with Crippen LogP contribution in [0.1, 0.15) is 15.9 Å². The number of pyridine rings is 1. The van der Waals surface area contributed by atoms with Crippen molar-refractivity contribution in [2.24, 2.45) is 5.73 Å². The molecular weight excluding hydrogens is 315 g/mol. The Kier molecular flexibility index (Phi) is 3.80. The lowest BCUT2D eigenvalue weighted by Gasteiger charge is -2.08. The summed E-state index contributed by atoms with van der Waals surface area (Å²) in [5, 5.41) is 0. The number of ether oxygens (including phenoxy) is 1. The summed E-state index contributed by atoms with van der Waals surface area (Å²) in [5.74, 6) is -0.986. The summed E-state index contributed by atoms with van der Waals surface area (Å²) in [6.45, 7) is 1.88. The lowest BCUT2D eigenvalue weighted by atomic mass is 10.2. The van der Waals surface area contributed by atoms with Gasteiger partial charge in [-0.25, -0.2) is 9.37 Å². The molecule has 1 aromatic carbocycles. The normalized spacial score (nSPS) is 10.3. The number of primary amides is 1. The van der Waals surface area contributed by atoms with Crippen LogP contribution in [0, 0.1) is 12.7 Å². The summed E-state index contributed by atoms with van der Waals surface area (Å²) < 4.78 is 19.7. The van der Waals surface area contributed by atoms with Crippen LogP contribution < -0.4 is 10.5 Å². The molecule has 2 N–H and O–H groups in total. The number of hydrogen-bond donors (Lipinski definition) is 1. The number of benzene rings is 1. The zero-order valence-electron chi connectivity index (χ0n) is 9.98. The Morgan fingerprint density at radius 3 is 2.79 bits per heavy atom. The van der Waals surface area contributed by atoms with Crippen molar-refractivity contribution in [3.05, 3.63) is 51.9 Å². The van der Waals surface area contributed by atoms with Crippen LogP contribution in [0.4, 0.5) is 4.39 Å². The van der Waals surface area contributed by atoms with E-state index < -0.39 is 11.7 Å². The first-order valence-corrected chi connectivity index (χ1v) is 6.16. The number of rotatable bonds is 3. The van der Waals surface area contributed by atoms with Crippen molar-refractivity contribution in [1.82, 2.24) is 4.98 Å². The average molecular weight is 325 g/mol. The van der Waals surface area contributed by atoms with Crippen molar-refractivity contribution in [2.75, 3.05) is 0 Å². The molecule has 0 spiro atoms. The monoisotopic (exact) mass is 324 g/mol. The molecule has 2 aromatic rings. The lowest BCUT2D eigenvalue weighted by molar-refractivity contribution is 0.0996. The Morgan fingerprint density at radius 2 is 2.16 bits per heavy atom. The largest absolute Gasteiger partial charge is 0.438 e. The van der Waals surface area contributed by atoms with E-state index in [9.17, 15) is 9.18 Å². The first-order valence-electron chi connectivity index (χ1n) is 5.37. The molecule has 1 aromatic heterocycles. The highest BCUT2D eigenvalue weighted by Crippen LogP contribution is 2.30. The van der Waals surface area contributed by atoms with Gasteiger partial charge >= 0.3 is 0 Å². The Balaban J connectivity index is 2.32. The molecule has 98 valence electrons. The van der Waals surface area contributed by atoms with E-state index in [1.165, 1.54) is 12.1 Å². The van der Waals surface area contributed by atoms with Crippen molar-refractivity contribution < 1.29 is 13.9 Å². The molecule has 2 rings (SSSR count). The number of carbonyl (C=O) groups excluding carboxylic acids is 1. The average Bonchev–Trinajstić information content (AvgIpc) is 2.34. The number of aryl methyl sites for hydroxylation is 1. The molecule has 4 nitrogen and oxygen atoms in total. The minimum absolute atomic E-state index is 0.177. The fourth-order valence-electron chi connectivity index (χ4n) is 1.46.